The monoisotopic (exact) mass is 331 g/mol. The average molecular weight is 331 g/mol. The van der Waals surface area contributed by atoms with Crippen LogP contribution in [0.1, 0.15) is 15.9 Å². The van der Waals surface area contributed by atoms with Crippen LogP contribution in [0.3, 0.4) is 0 Å². The van der Waals surface area contributed by atoms with Gasteiger partial charge >= 0.3 is 5.69 Å². The molecule has 1 aromatic carbocycles. The van der Waals surface area contributed by atoms with Gasteiger partial charge in [0.1, 0.15) is 0 Å². The normalized spacial score (nSPS) is 10.5. The Kier molecular flexibility index (Phi) is 4.75. The largest absolute Gasteiger partial charge is 0.502 e. The van der Waals surface area contributed by atoms with E-state index in [2.05, 4.69) is 15.5 Å². The topological polar surface area (TPSA) is 161 Å². The van der Waals surface area contributed by atoms with Crippen molar-refractivity contribution in [2.24, 2.45) is 5.10 Å². The first kappa shape index (κ1) is 16.5. The van der Waals surface area contributed by atoms with Crippen molar-refractivity contribution in [1.82, 2.24) is 10.4 Å². The SMILES string of the molecule is O=C(N/N=C/c1cc([N+](=O)[O-])cc([N+](=O)[O-])c1O)c1cccnc1. The number of non-ortho nitro benzene ring substituents is 1. The molecule has 0 radical (unpaired) electrons. The van der Waals surface area contributed by atoms with Crippen molar-refractivity contribution in [2.75, 3.05) is 0 Å². The van der Waals surface area contributed by atoms with E-state index in [1.54, 1.807) is 0 Å². The van der Waals surface area contributed by atoms with Gasteiger partial charge in [-0.2, -0.15) is 5.10 Å². The van der Waals surface area contributed by atoms with E-state index in [1.807, 2.05) is 0 Å². The number of hydrazone groups is 1. The molecule has 0 aliphatic carbocycles. The smallest absolute Gasteiger partial charge is 0.318 e. The molecular weight excluding hydrogens is 322 g/mol. The maximum Gasteiger partial charge on any atom is 0.318 e. The molecule has 0 unspecified atom stereocenters. The fraction of sp³-hybridized carbons (Fsp3) is 0. The van der Waals surface area contributed by atoms with Crippen molar-refractivity contribution >= 4 is 23.5 Å². The van der Waals surface area contributed by atoms with E-state index in [4.69, 9.17) is 0 Å². The number of carbonyl (C=O) groups excluding carboxylic acids is 1. The van der Waals surface area contributed by atoms with Gasteiger partial charge in [-0.25, -0.2) is 5.43 Å². The molecule has 122 valence electrons. The van der Waals surface area contributed by atoms with Crippen molar-refractivity contribution in [3.8, 4) is 5.75 Å². The number of nitro benzene ring substituents is 2. The quantitative estimate of drug-likeness (QED) is 0.475. The molecule has 2 N–H and O–H groups in total. The summed E-state index contributed by atoms with van der Waals surface area (Å²) in [6.07, 6.45) is 3.63. The van der Waals surface area contributed by atoms with Crippen LogP contribution in [0.25, 0.3) is 0 Å². The third-order valence-electron chi connectivity index (χ3n) is 2.81. The molecule has 2 aromatic rings. The summed E-state index contributed by atoms with van der Waals surface area (Å²) >= 11 is 0. The number of hydrogen-bond acceptors (Lipinski definition) is 8. The van der Waals surface area contributed by atoms with E-state index in [-0.39, 0.29) is 11.1 Å². The van der Waals surface area contributed by atoms with Gasteiger partial charge < -0.3 is 5.11 Å². The predicted molar refractivity (Wildman–Crippen MR) is 80.7 cm³/mol. The fourth-order valence-corrected chi connectivity index (χ4v) is 1.69. The molecule has 1 aromatic heterocycles. The second-order valence-corrected chi connectivity index (χ2v) is 4.36. The van der Waals surface area contributed by atoms with E-state index in [1.165, 1.54) is 24.5 Å². The molecule has 0 fully saturated rings. The van der Waals surface area contributed by atoms with Gasteiger partial charge in [-0.15, -0.1) is 0 Å². The van der Waals surface area contributed by atoms with Crippen LogP contribution in [0.5, 0.6) is 5.75 Å². The van der Waals surface area contributed by atoms with Gasteiger partial charge in [-0.05, 0) is 12.1 Å². The number of pyridine rings is 1. The lowest BCUT2D eigenvalue weighted by Gasteiger charge is -2.01. The number of nitro groups is 2. The predicted octanol–water partition coefficient (Wildman–Crippen LogP) is 1.37. The number of benzene rings is 1. The van der Waals surface area contributed by atoms with Gasteiger partial charge in [0.05, 0.1) is 33.3 Å². The number of hydrogen-bond donors (Lipinski definition) is 2. The minimum Gasteiger partial charge on any atom is -0.502 e. The van der Waals surface area contributed by atoms with Gasteiger partial charge in [0, 0.05) is 18.5 Å². The van der Waals surface area contributed by atoms with Crippen molar-refractivity contribution in [2.45, 2.75) is 0 Å². The number of carbonyl (C=O) groups is 1. The third kappa shape index (κ3) is 3.65. The zero-order valence-corrected chi connectivity index (χ0v) is 11.8. The Morgan fingerprint density at radius 1 is 1.29 bits per heavy atom. The highest BCUT2D eigenvalue weighted by Gasteiger charge is 2.23. The van der Waals surface area contributed by atoms with Gasteiger partial charge in [-0.1, -0.05) is 0 Å². The Labute approximate surface area is 133 Å². The molecule has 1 heterocycles. The van der Waals surface area contributed by atoms with E-state index < -0.39 is 32.9 Å². The zero-order valence-electron chi connectivity index (χ0n) is 11.8. The number of aromatic nitrogens is 1. The first-order valence-electron chi connectivity index (χ1n) is 6.29. The van der Waals surface area contributed by atoms with Gasteiger partial charge in [0.15, 0.2) is 0 Å². The summed E-state index contributed by atoms with van der Waals surface area (Å²) in [5, 5.41) is 34.9. The summed E-state index contributed by atoms with van der Waals surface area (Å²) in [7, 11) is 0. The highest BCUT2D eigenvalue weighted by atomic mass is 16.6. The number of aromatic hydroxyl groups is 1. The summed E-state index contributed by atoms with van der Waals surface area (Å²) in [5.41, 5.74) is 0.593. The molecule has 0 atom stereocenters. The van der Waals surface area contributed by atoms with E-state index in [0.29, 0.717) is 6.07 Å². The summed E-state index contributed by atoms with van der Waals surface area (Å²) in [6.45, 7) is 0. The van der Waals surface area contributed by atoms with Crippen LogP contribution >= 0.6 is 0 Å². The highest BCUT2D eigenvalue weighted by molar-refractivity contribution is 5.95. The molecule has 11 heteroatoms. The van der Waals surface area contributed by atoms with Crippen LogP contribution in [0.2, 0.25) is 0 Å². The third-order valence-corrected chi connectivity index (χ3v) is 2.81. The van der Waals surface area contributed by atoms with Crippen LogP contribution in [-0.4, -0.2) is 32.1 Å². The zero-order chi connectivity index (χ0) is 17.7. The fourth-order valence-electron chi connectivity index (χ4n) is 1.69. The first-order valence-corrected chi connectivity index (χ1v) is 6.29. The standard InChI is InChI=1S/C13H9N5O6/c19-12-9(4-10(17(21)22)5-11(12)18(23)24)7-15-16-13(20)8-2-1-3-14-6-8/h1-7,19H,(H,16,20)/b15-7+. The van der Waals surface area contributed by atoms with Crippen molar-refractivity contribution in [3.05, 3.63) is 68.0 Å². The van der Waals surface area contributed by atoms with E-state index in [0.717, 1.165) is 12.3 Å². The lowest BCUT2D eigenvalue weighted by Crippen LogP contribution is -2.17. The number of rotatable bonds is 5. The molecule has 0 aliphatic rings. The second-order valence-electron chi connectivity index (χ2n) is 4.36. The minimum atomic E-state index is -0.964. The summed E-state index contributed by atoms with van der Waals surface area (Å²) in [4.78, 5) is 35.3. The summed E-state index contributed by atoms with van der Waals surface area (Å²) in [6, 6.07) is 4.53. The van der Waals surface area contributed by atoms with Gasteiger partial charge in [0.25, 0.3) is 11.6 Å². The van der Waals surface area contributed by atoms with Gasteiger partial charge in [0.2, 0.25) is 5.75 Å². The summed E-state index contributed by atoms with van der Waals surface area (Å²) < 4.78 is 0. The van der Waals surface area contributed by atoms with E-state index >= 15 is 0 Å². The molecule has 0 aliphatic heterocycles. The minimum absolute atomic E-state index is 0.212. The second kappa shape index (κ2) is 6.91. The molecule has 1 amide bonds. The maximum atomic E-state index is 11.7. The first-order chi connectivity index (χ1) is 11.4. The lowest BCUT2D eigenvalue weighted by molar-refractivity contribution is -0.394. The Hall–Kier alpha value is -3.89. The van der Waals surface area contributed by atoms with Crippen molar-refractivity contribution < 1.29 is 19.7 Å². The molecular formula is C13H9N5O6. The molecule has 0 saturated carbocycles. The van der Waals surface area contributed by atoms with Gasteiger partial charge in [-0.3, -0.25) is 30.0 Å². The Morgan fingerprint density at radius 3 is 2.62 bits per heavy atom. The number of nitrogens with one attached hydrogen (secondary N) is 1. The molecule has 0 saturated heterocycles. The maximum absolute atomic E-state index is 11.7. The molecule has 24 heavy (non-hydrogen) atoms. The number of nitrogens with zero attached hydrogens (tertiary/aromatic N) is 4. The Bertz CT molecular complexity index is 836. The van der Waals surface area contributed by atoms with Crippen molar-refractivity contribution in [1.29, 1.82) is 0 Å². The Balaban J connectivity index is 2.27. The number of phenolic OH excluding ortho intramolecular Hbond substituents is 1. The molecule has 0 spiro atoms. The van der Waals surface area contributed by atoms with Crippen LogP contribution in [0.15, 0.2) is 41.8 Å². The van der Waals surface area contributed by atoms with Crippen LogP contribution in [0.4, 0.5) is 11.4 Å². The molecule has 0 bridgehead atoms. The molecule has 2 rings (SSSR count). The number of phenols is 1. The average Bonchev–Trinajstić information content (AvgIpc) is 2.56. The Morgan fingerprint density at radius 2 is 2.04 bits per heavy atom. The lowest BCUT2D eigenvalue weighted by atomic mass is 10.1. The van der Waals surface area contributed by atoms with Crippen LogP contribution in [-0.2, 0) is 0 Å². The van der Waals surface area contributed by atoms with E-state index in [9.17, 15) is 30.1 Å². The summed E-state index contributed by atoms with van der Waals surface area (Å²) in [5.74, 6) is -1.41. The van der Waals surface area contributed by atoms with Crippen LogP contribution < -0.4 is 5.43 Å². The number of amides is 1. The highest BCUT2D eigenvalue weighted by Crippen LogP contribution is 2.33. The van der Waals surface area contributed by atoms with Crippen molar-refractivity contribution in [3.63, 3.8) is 0 Å². The van der Waals surface area contributed by atoms with Crippen LogP contribution in [0, 0.1) is 20.2 Å². The molecule has 11 nitrogen and oxygen atoms in total.